The highest BCUT2D eigenvalue weighted by Gasteiger charge is 2.09. The van der Waals surface area contributed by atoms with Crippen LogP contribution in [0.5, 0.6) is 11.5 Å². The van der Waals surface area contributed by atoms with Crippen LogP contribution in [-0.4, -0.2) is 20.1 Å². The number of rotatable bonds is 5. The van der Waals surface area contributed by atoms with E-state index in [1.165, 1.54) is 0 Å². The third-order valence-corrected chi connectivity index (χ3v) is 2.55. The molecule has 0 saturated heterocycles. The first-order valence-corrected chi connectivity index (χ1v) is 5.80. The van der Waals surface area contributed by atoms with E-state index >= 15 is 0 Å². The molecular formula is C14H15NO4. The lowest BCUT2D eigenvalue weighted by atomic mass is 10.3. The Bertz CT molecular complexity index is 545. The molecule has 0 bridgehead atoms. The number of furan rings is 1. The Labute approximate surface area is 111 Å². The van der Waals surface area contributed by atoms with Crippen molar-refractivity contribution in [2.24, 2.45) is 0 Å². The SMILES string of the molecule is CNC(=O)c1ccc(COc2ccc(OC)cc2)o1. The lowest BCUT2D eigenvalue weighted by Crippen LogP contribution is -2.16. The van der Waals surface area contributed by atoms with Gasteiger partial charge in [-0.2, -0.15) is 0 Å². The standard InChI is InChI=1S/C14H15NO4/c1-15-14(16)13-8-7-12(19-13)9-18-11-5-3-10(17-2)4-6-11/h3-8H,9H2,1-2H3,(H,15,16). The van der Waals surface area contributed by atoms with Crippen molar-refractivity contribution < 1.29 is 18.7 Å². The minimum absolute atomic E-state index is 0.254. The molecule has 0 aliphatic rings. The Balaban J connectivity index is 1.94. The van der Waals surface area contributed by atoms with Crippen molar-refractivity contribution in [2.75, 3.05) is 14.2 Å². The van der Waals surface area contributed by atoms with E-state index < -0.39 is 0 Å². The molecule has 0 aliphatic carbocycles. The largest absolute Gasteiger partial charge is 0.497 e. The summed E-state index contributed by atoms with van der Waals surface area (Å²) in [7, 11) is 3.16. The third kappa shape index (κ3) is 3.28. The summed E-state index contributed by atoms with van der Waals surface area (Å²) >= 11 is 0. The predicted octanol–water partition coefficient (Wildman–Crippen LogP) is 2.23. The molecule has 0 aliphatic heterocycles. The number of nitrogens with one attached hydrogen (secondary N) is 1. The van der Waals surface area contributed by atoms with Gasteiger partial charge in [0.05, 0.1) is 7.11 Å². The first-order chi connectivity index (χ1) is 9.22. The van der Waals surface area contributed by atoms with Crippen molar-refractivity contribution in [2.45, 2.75) is 6.61 Å². The predicted molar refractivity (Wildman–Crippen MR) is 69.4 cm³/mol. The summed E-state index contributed by atoms with van der Waals surface area (Å²) in [4.78, 5) is 11.3. The van der Waals surface area contributed by atoms with Crippen molar-refractivity contribution >= 4 is 5.91 Å². The topological polar surface area (TPSA) is 60.7 Å². The molecule has 1 heterocycles. The van der Waals surface area contributed by atoms with Crippen LogP contribution in [0.2, 0.25) is 0 Å². The highest BCUT2D eigenvalue weighted by atomic mass is 16.5. The maximum Gasteiger partial charge on any atom is 0.286 e. The van der Waals surface area contributed by atoms with Crippen LogP contribution in [0.25, 0.3) is 0 Å². The molecule has 2 rings (SSSR count). The van der Waals surface area contributed by atoms with Gasteiger partial charge in [-0.15, -0.1) is 0 Å². The van der Waals surface area contributed by atoms with Crippen molar-refractivity contribution in [3.05, 3.63) is 47.9 Å². The fourth-order valence-corrected chi connectivity index (χ4v) is 1.53. The van der Waals surface area contributed by atoms with Gasteiger partial charge in [0.15, 0.2) is 5.76 Å². The lowest BCUT2D eigenvalue weighted by molar-refractivity contribution is 0.0931. The second-order valence-electron chi connectivity index (χ2n) is 3.81. The molecule has 19 heavy (non-hydrogen) atoms. The summed E-state index contributed by atoms with van der Waals surface area (Å²) in [5.41, 5.74) is 0. The number of carbonyl (C=O) groups is 1. The molecule has 0 unspecified atom stereocenters. The van der Waals surface area contributed by atoms with Crippen LogP contribution in [0.15, 0.2) is 40.8 Å². The smallest absolute Gasteiger partial charge is 0.286 e. The lowest BCUT2D eigenvalue weighted by Gasteiger charge is -2.05. The van der Waals surface area contributed by atoms with Gasteiger partial charge in [0.25, 0.3) is 5.91 Å². The maximum atomic E-state index is 11.3. The van der Waals surface area contributed by atoms with Crippen LogP contribution in [0, 0.1) is 0 Å². The Kier molecular flexibility index (Phi) is 4.07. The molecule has 1 N–H and O–H groups in total. The molecule has 0 spiro atoms. The average molecular weight is 261 g/mol. The molecule has 100 valence electrons. The fourth-order valence-electron chi connectivity index (χ4n) is 1.53. The van der Waals surface area contributed by atoms with Gasteiger partial charge in [0.2, 0.25) is 0 Å². The van der Waals surface area contributed by atoms with Gasteiger partial charge in [-0.25, -0.2) is 0 Å². The van der Waals surface area contributed by atoms with Gasteiger partial charge in [-0.3, -0.25) is 4.79 Å². The Morgan fingerprint density at radius 3 is 2.47 bits per heavy atom. The Morgan fingerprint density at radius 1 is 1.16 bits per heavy atom. The minimum Gasteiger partial charge on any atom is -0.497 e. The van der Waals surface area contributed by atoms with E-state index in [4.69, 9.17) is 13.9 Å². The van der Waals surface area contributed by atoms with Crippen molar-refractivity contribution in [1.29, 1.82) is 0 Å². The molecule has 0 atom stereocenters. The normalized spacial score (nSPS) is 10.0. The second kappa shape index (κ2) is 5.95. The summed E-state index contributed by atoms with van der Waals surface area (Å²) in [6.45, 7) is 0.267. The van der Waals surface area contributed by atoms with Gasteiger partial charge in [0, 0.05) is 7.05 Å². The third-order valence-electron chi connectivity index (χ3n) is 2.55. The van der Waals surface area contributed by atoms with Gasteiger partial charge in [0.1, 0.15) is 23.9 Å². The maximum absolute atomic E-state index is 11.3. The number of methoxy groups -OCH3 is 1. The quantitative estimate of drug-likeness (QED) is 0.896. The fraction of sp³-hybridized carbons (Fsp3) is 0.214. The van der Waals surface area contributed by atoms with Gasteiger partial charge in [-0.1, -0.05) is 0 Å². The molecule has 5 nitrogen and oxygen atoms in total. The summed E-state index contributed by atoms with van der Waals surface area (Å²) in [6.07, 6.45) is 0. The minimum atomic E-state index is -0.254. The molecular weight excluding hydrogens is 246 g/mol. The number of ether oxygens (including phenoxy) is 2. The zero-order valence-electron chi connectivity index (χ0n) is 10.8. The molecule has 1 aromatic carbocycles. The zero-order valence-corrected chi connectivity index (χ0v) is 10.8. The van der Waals surface area contributed by atoms with E-state index in [0.29, 0.717) is 11.5 Å². The van der Waals surface area contributed by atoms with E-state index in [1.54, 1.807) is 38.4 Å². The molecule has 0 fully saturated rings. The van der Waals surface area contributed by atoms with E-state index in [-0.39, 0.29) is 18.3 Å². The van der Waals surface area contributed by atoms with Crippen molar-refractivity contribution in [3.63, 3.8) is 0 Å². The van der Waals surface area contributed by atoms with Crippen LogP contribution in [0.1, 0.15) is 16.3 Å². The second-order valence-corrected chi connectivity index (χ2v) is 3.81. The highest BCUT2D eigenvalue weighted by molar-refractivity contribution is 5.91. The summed E-state index contributed by atoms with van der Waals surface area (Å²) in [5.74, 6) is 2.09. The monoisotopic (exact) mass is 261 g/mol. The van der Waals surface area contributed by atoms with E-state index in [2.05, 4.69) is 5.32 Å². The van der Waals surface area contributed by atoms with Crippen molar-refractivity contribution in [1.82, 2.24) is 5.32 Å². The average Bonchev–Trinajstić information content (AvgIpc) is 2.93. The molecule has 1 aromatic heterocycles. The number of hydrogen-bond donors (Lipinski definition) is 1. The van der Waals surface area contributed by atoms with E-state index in [1.807, 2.05) is 12.1 Å². The Morgan fingerprint density at radius 2 is 1.84 bits per heavy atom. The van der Waals surface area contributed by atoms with Gasteiger partial charge >= 0.3 is 0 Å². The first kappa shape index (κ1) is 13.0. The Hall–Kier alpha value is -2.43. The molecule has 0 radical (unpaired) electrons. The molecule has 1 amide bonds. The molecule has 5 heteroatoms. The van der Waals surface area contributed by atoms with Crippen LogP contribution in [0.4, 0.5) is 0 Å². The highest BCUT2D eigenvalue weighted by Crippen LogP contribution is 2.18. The number of benzene rings is 1. The van der Waals surface area contributed by atoms with Crippen molar-refractivity contribution in [3.8, 4) is 11.5 Å². The number of hydrogen-bond acceptors (Lipinski definition) is 4. The van der Waals surface area contributed by atoms with E-state index in [9.17, 15) is 4.79 Å². The van der Waals surface area contributed by atoms with Crippen LogP contribution in [0.3, 0.4) is 0 Å². The summed E-state index contributed by atoms with van der Waals surface area (Å²) in [6, 6.07) is 10.6. The number of carbonyl (C=O) groups excluding carboxylic acids is 1. The zero-order chi connectivity index (χ0) is 13.7. The summed E-state index contributed by atoms with van der Waals surface area (Å²) < 4.78 is 15.9. The molecule has 0 saturated carbocycles. The van der Waals surface area contributed by atoms with E-state index in [0.717, 1.165) is 5.75 Å². The van der Waals surface area contributed by atoms with Crippen LogP contribution < -0.4 is 14.8 Å². The van der Waals surface area contributed by atoms with Gasteiger partial charge < -0.3 is 19.2 Å². The number of amides is 1. The summed E-state index contributed by atoms with van der Waals surface area (Å²) in [5, 5.41) is 2.49. The van der Waals surface area contributed by atoms with Crippen LogP contribution in [-0.2, 0) is 6.61 Å². The van der Waals surface area contributed by atoms with Gasteiger partial charge in [-0.05, 0) is 36.4 Å². The molecule has 2 aromatic rings. The van der Waals surface area contributed by atoms with Crippen LogP contribution >= 0.6 is 0 Å². The first-order valence-electron chi connectivity index (χ1n) is 5.80.